The SMILES string of the molecule is CCOC(=O)OC[C@@H](NS(=O)(=O)CCc1ccccc1)C(=O)N[C@@H](C)C(=O)N[C@H]1CCCN(C(=N)N)C1O. The summed E-state index contributed by atoms with van der Waals surface area (Å²) in [5.41, 5.74) is 6.24. The number of carbonyl (C=O) groups excluding carboxylic acids is 3. The fraction of sp³-hybridized carbons (Fsp3) is 0.565. The fourth-order valence-corrected chi connectivity index (χ4v) is 4.95. The first-order chi connectivity index (χ1) is 17.9. The van der Waals surface area contributed by atoms with E-state index >= 15 is 0 Å². The van der Waals surface area contributed by atoms with Crippen molar-refractivity contribution in [2.75, 3.05) is 25.5 Å². The number of nitrogens with zero attached hydrogens (tertiary/aromatic N) is 1. The summed E-state index contributed by atoms with van der Waals surface area (Å²) < 4.78 is 37.1. The van der Waals surface area contributed by atoms with Crippen LogP contribution in [-0.4, -0.2) is 92.2 Å². The first-order valence-corrected chi connectivity index (χ1v) is 13.8. The number of piperidine rings is 1. The van der Waals surface area contributed by atoms with Crippen LogP contribution in [0.1, 0.15) is 32.3 Å². The number of sulfonamides is 1. The van der Waals surface area contributed by atoms with Crippen LogP contribution in [0.15, 0.2) is 30.3 Å². The molecule has 15 heteroatoms. The number of hydrogen-bond acceptors (Lipinski definition) is 9. The van der Waals surface area contributed by atoms with Gasteiger partial charge in [-0.05, 0) is 38.7 Å². The second-order valence-corrected chi connectivity index (χ2v) is 10.6. The van der Waals surface area contributed by atoms with E-state index in [9.17, 15) is 27.9 Å². The monoisotopic (exact) mass is 556 g/mol. The second kappa shape index (κ2) is 14.5. The summed E-state index contributed by atoms with van der Waals surface area (Å²) in [4.78, 5) is 38.5. The summed E-state index contributed by atoms with van der Waals surface area (Å²) in [5, 5.41) is 22.9. The summed E-state index contributed by atoms with van der Waals surface area (Å²) in [6, 6.07) is 5.47. The number of likely N-dealkylation sites (tertiary alicyclic amines) is 1. The lowest BCUT2D eigenvalue weighted by atomic mass is 10.0. The zero-order valence-electron chi connectivity index (χ0n) is 21.4. The molecule has 1 aliphatic heterocycles. The third-order valence-corrected chi connectivity index (χ3v) is 7.14. The predicted molar refractivity (Wildman–Crippen MR) is 137 cm³/mol. The van der Waals surface area contributed by atoms with Crippen molar-refractivity contribution < 1.29 is 37.4 Å². The van der Waals surface area contributed by atoms with Gasteiger partial charge in [0.05, 0.1) is 18.4 Å². The number of aliphatic hydroxyl groups is 1. The Hall–Kier alpha value is -3.43. The van der Waals surface area contributed by atoms with Gasteiger partial charge in [-0.2, -0.15) is 4.72 Å². The molecule has 7 N–H and O–H groups in total. The summed E-state index contributed by atoms with van der Waals surface area (Å²) in [6.07, 6.45) is -1.12. The van der Waals surface area contributed by atoms with E-state index in [0.717, 1.165) is 5.56 Å². The van der Waals surface area contributed by atoms with E-state index < -0.39 is 59.0 Å². The fourth-order valence-electron chi connectivity index (χ4n) is 3.72. The van der Waals surface area contributed by atoms with Gasteiger partial charge in [0.2, 0.25) is 21.8 Å². The molecule has 0 spiro atoms. The Kier molecular flexibility index (Phi) is 11.7. The number of carbonyl (C=O) groups is 3. The van der Waals surface area contributed by atoms with E-state index in [1.807, 2.05) is 0 Å². The van der Waals surface area contributed by atoms with Crippen LogP contribution in [0.5, 0.6) is 0 Å². The molecule has 1 unspecified atom stereocenters. The topological polar surface area (TPSA) is 213 Å². The third kappa shape index (κ3) is 9.79. The minimum Gasteiger partial charge on any atom is -0.435 e. The van der Waals surface area contributed by atoms with Gasteiger partial charge >= 0.3 is 6.16 Å². The van der Waals surface area contributed by atoms with E-state index in [0.29, 0.717) is 19.4 Å². The normalized spacial score (nSPS) is 19.1. The van der Waals surface area contributed by atoms with Gasteiger partial charge in [0, 0.05) is 6.54 Å². The van der Waals surface area contributed by atoms with Gasteiger partial charge in [0.25, 0.3) is 0 Å². The maximum Gasteiger partial charge on any atom is 0.508 e. The highest BCUT2D eigenvalue weighted by Gasteiger charge is 2.34. The van der Waals surface area contributed by atoms with Crippen molar-refractivity contribution in [1.29, 1.82) is 5.41 Å². The van der Waals surface area contributed by atoms with Crippen LogP contribution < -0.4 is 21.1 Å². The predicted octanol–water partition coefficient (Wildman–Crippen LogP) is -1.01. The van der Waals surface area contributed by atoms with Gasteiger partial charge in [-0.25, -0.2) is 13.2 Å². The second-order valence-electron chi connectivity index (χ2n) is 8.70. The van der Waals surface area contributed by atoms with Gasteiger partial charge < -0.3 is 35.8 Å². The van der Waals surface area contributed by atoms with Gasteiger partial charge in [-0.15, -0.1) is 0 Å². The summed E-state index contributed by atoms with van der Waals surface area (Å²) in [6.45, 7) is 2.64. The number of benzene rings is 1. The van der Waals surface area contributed by atoms with E-state index in [-0.39, 0.29) is 24.7 Å². The molecule has 0 saturated carbocycles. The molecule has 0 aromatic heterocycles. The Balaban J connectivity index is 2.03. The number of rotatable bonds is 12. The Morgan fingerprint density at radius 3 is 2.53 bits per heavy atom. The van der Waals surface area contributed by atoms with Crippen molar-refractivity contribution in [3.05, 3.63) is 35.9 Å². The number of hydrogen-bond donors (Lipinski definition) is 6. The smallest absolute Gasteiger partial charge is 0.435 e. The molecule has 212 valence electrons. The lowest BCUT2D eigenvalue weighted by Gasteiger charge is -2.38. The average Bonchev–Trinajstić information content (AvgIpc) is 2.87. The van der Waals surface area contributed by atoms with E-state index in [1.165, 1.54) is 11.8 Å². The first-order valence-electron chi connectivity index (χ1n) is 12.2. The molecule has 1 fully saturated rings. The molecule has 0 bridgehead atoms. The quantitative estimate of drug-likeness (QED) is 0.105. The molecule has 1 heterocycles. The van der Waals surface area contributed by atoms with Crippen LogP contribution in [-0.2, 0) is 35.5 Å². The van der Waals surface area contributed by atoms with Crippen LogP contribution >= 0.6 is 0 Å². The summed E-state index contributed by atoms with van der Waals surface area (Å²) >= 11 is 0. The summed E-state index contributed by atoms with van der Waals surface area (Å²) in [7, 11) is -4.00. The van der Waals surface area contributed by atoms with Crippen molar-refractivity contribution in [2.24, 2.45) is 5.73 Å². The number of ether oxygens (including phenoxy) is 2. The van der Waals surface area contributed by atoms with E-state index in [2.05, 4.69) is 20.1 Å². The maximum absolute atomic E-state index is 12.9. The Morgan fingerprint density at radius 1 is 1.21 bits per heavy atom. The zero-order valence-corrected chi connectivity index (χ0v) is 22.2. The number of guanidine groups is 1. The highest BCUT2D eigenvalue weighted by Crippen LogP contribution is 2.15. The van der Waals surface area contributed by atoms with Crippen molar-refractivity contribution >= 4 is 34.0 Å². The van der Waals surface area contributed by atoms with Crippen LogP contribution in [0.4, 0.5) is 4.79 Å². The number of aryl methyl sites for hydroxylation is 1. The number of aliphatic hydroxyl groups excluding tert-OH is 1. The molecule has 2 amide bonds. The van der Waals surface area contributed by atoms with E-state index in [1.54, 1.807) is 37.3 Å². The van der Waals surface area contributed by atoms with Crippen LogP contribution in [0.2, 0.25) is 0 Å². The Morgan fingerprint density at radius 2 is 1.89 bits per heavy atom. The van der Waals surface area contributed by atoms with Crippen molar-refractivity contribution in [3.63, 3.8) is 0 Å². The van der Waals surface area contributed by atoms with Crippen LogP contribution in [0, 0.1) is 5.41 Å². The minimum atomic E-state index is -4.00. The first kappa shape index (κ1) is 30.8. The van der Waals surface area contributed by atoms with Crippen molar-refractivity contribution in [1.82, 2.24) is 20.3 Å². The number of nitrogens with two attached hydrogens (primary N) is 1. The highest BCUT2D eigenvalue weighted by atomic mass is 32.2. The van der Waals surface area contributed by atoms with Gasteiger partial charge in [-0.3, -0.25) is 15.0 Å². The van der Waals surface area contributed by atoms with Crippen molar-refractivity contribution in [2.45, 2.75) is 57.5 Å². The Labute approximate surface area is 221 Å². The third-order valence-electron chi connectivity index (χ3n) is 5.75. The van der Waals surface area contributed by atoms with Gasteiger partial charge in [0.1, 0.15) is 24.9 Å². The highest BCUT2D eigenvalue weighted by molar-refractivity contribution is 7.89. The number of amides is 2. The van der Waals surface area contributed by atoms with Gasteiger partial charge in [-0.1, -0.05) is 30.3 Å². The lowest BCUT2D eigenvalue weighted by Crippen LogP contribution is -2.61. The van der Waals surface area contributed by atoms with Crippen LogP contribution in [0.25, 0.3) is 0 Å². The maximum atomic E-state index is 12.9. The average molecular weight is 557 g/mol. The summed E-state index contributed by atoms with van der Waals surface area (Å²) in [5.74, 6) is -2.22. The molecule has 1 aromatic rings. The molecule has 14 nitrogen and oxygen atoms in total. The molecule has 0 aliphatic carbocycles. The molecule has 0 radical (unpaired) electrons. The standard InChI is InChI=1S/C23H36N6O8S/c1-3-36-23(33)37-14-18(28-38(34,35)13-11-16-8-5-4-6-9-16)20(31)26-15(2)19(30)27-17-10-7-12-29(21(17)32)22(24)25/h4-6,8-9,15,17-18,21,28,32H,3,7,10-14H2,1-2H3,(H3,24,25)(H,26,31)(H,27,30)/t15-,17-,18+,21?/m0/s1. The molecule has 4 atom stereocenters. The molecule has 1 aliphatic rings. The molecule has 1 aromatic carbocycles. The molecule has 1 saturated heterocycles. The van der Waals surface area contributed by atoms with Gasteiger partial charge in [0.15, 0.2) is 5.96 Å². The molecular formula is C23H36N6O8S. The molecule has 38 heavy (non-hydrogen) atoms. The van der Waals surface area contributed by atoms with Crippen LogP contribution in [0.3, 0.4) is 0 Å². The Bertz CT molecular complexity index is 1070. The van der Waals surface area contributed by atoms with Crippen molar-refractivity contribution in [3.8, 4) is 0 Å². The largest absolute Gasteiger partial charge is 0.508 e. The number of nitrogens with one attached hydrogen (secondary N) is 4. The molecular weight excluding hydrogens is 520 g/mol. The molecule has 2 rings (SSSR count). The lowest BCUT2D eigenvalue weighted by molar-refractivity contribution is -0.131. The van der Waals surface area contributed by atoms with E-state index in [4.69, 9.17) is 15.9 Å². The minimum absolute atomic E-state index is 0.0176. The zero-order chi connectivity index (χ0) is 28.3.